The first kappa shape index (κ1) is 33.5. The van der Waals surface area contributed by atoms with Gasteiger partial charge in [0.05, 0.1) is 11.4 Å². The summed E-state index contributed by atoms with van der Waals surface area (Å²) in [6, 6.07) is 15.3. The third-order valence-corrected chi connectivity index (χ3v) is 8.14. The van der Waals surface area contributed by atoms with Gasteiger partial charge in [0, 0.05) is 40.3 Å². The molecule has 0 aliphatic carbocycles. The molecule has 1 atom stereocenters. The maximum atomic E-state index is 13.6. The van der Waals surface area contributed by atoms with E-state index in [1.807, 2.05) is 0 Å². The van der Waals surface area contributed by atoms with Crippen molar-refractivity contribution in [2.45, 2.75) is 19.4 Å². The van der Waals surface area contributed by atoms with Gasteiger partial charge in [-0.15, -0.1) is 5.10 Å². The number of rotatable bonds is 12. The highest BCUT2D eigenvalue weighted by Gasteiger charge is 2.26. The lowest BCUT2D eigenvalue weighted by Gasteiger charge is -2.19. The zero-order chi connectivity index (χ0) is 34.4. The Hall–Kier alpha value is -5.85. The number of benzene rings is 3. The van der Waals surface area contributed by atoms with Crippen LogP contribution in [0.4, 0.5) is 17.1 Å². The average Bonchev–Trinajstić information content (AvgIpc) is 3.72. The molecule has 248 valence electrons. The van der Waals surface area contributed by atoms with Gasteiger partial charge in [0.1, 0.15) is 18.1 Å². The third-order valence-electron chi connectivity index (χ3n) is 6.73. The first-order valence-electron chi connectivity index (χ1n) is 14.1. The number of amides is 3. The molecule has 3 aromatic carbocycles. The molecule has 17 nitrogen and oxygen atoms in total. The van der Waals surface area contributed by atoms with Crippen LogP contribution in [0.1, 0.15) is 23.0 Å². The lowest BCUT2D eigenvalue weighted by Crippen LogP contribution is -2.49. The number of aromatic nitrogens is 5. The summed E-state index contributed by atoms with van der Waals surface area (Å²) in [6.07, 6.45) is 1.18. The summed E-state index contributed by atoms with van der Waals surface area (Å²) >= 11 is 6.11. The Kier molecular flexibility index (Phi) is 9.97. The first-order valence-corrected chi connectivity index (χ1v) is 15.9. The summed E-state index contributed by atoms with van der Waals surface area (Å²) in [5.41, 5.74) is 1.99. The van der Waals surface area contributed by atoms with Crippen LogP contribution in [0.3, 0.4) is 0 Å². The Morgan fingerprint density at radius 2 is 1.71 bits per heavy atom. The predicted molar refractivity (Wildman–Crippen MR) is 175 cm³/mol. The molecule has 0 bridgehead atoms. The lowest BCUT2D eigenvalue weighted by atomic mass is 10.0. The van der Waals surface area contributed by atoms with Crippen molar-refractivity contribution in [3.8, 4) is 5.69 Å². The van der Waals surface area contributed by atoms with E-state index < -0.39 is 39.9 Å². The largest absolute Gasteiger partial charge is 0.477 e. The molecule has 7 N–H and O–H groups in total. The summed E-state index contributed by atoms with van der Waals surface area (Å²) in [6.45, 7) is 1.82. The van der Waals surface area contributed by atoms with Gasteiger partial charge in [0.25, 0.3) is 10.2 Å². The molecule has 3 amide bonds. The van der Waals surface area contributed by atoms with Crippen LogP contribution in [0.25, 0.3) is 16.6 Å². The number of tetrazole rings is 1. The zero-order valence-electron chi connectivity index (χ0n) is 24.9. The molecular formula is C29H27ClN10O7S. The fourth-order valence-corrected chi connectivity index (χ4v) is 5.64. The van der Waals surface area contributed by atoms with Gasteiger partial charge in [-0.3, -0.25) is 19.1 Å². The first-order chi connectivity index (χ1) is 22.9. The number of hydrogen-bond donors (Lipinski definition) is 7. The molecule has 0 unspecified atom stereocenters. The van der Waals surface area contributed by atoms with Crippen molar-refractivity contribution in [2.24, 2.45) is 0 Å². The molecule has 5 rings (SSSR count). The van der Waals surface area contributed by atoms with Crippen molar-refractivity contribution in [3.63, 3.8) is 0 Å². The van der Waals surface area contributed by atoms with Gasteiger partial charge in [-0.05, 0) is 70.6 Å². The molecule has 0 radical (unpaired) electrons. The van der Waals surface area contributed by atoms with E-state index in [9.17, 15) is 32.7 Å². The number of fused-ring (bicyclic) bond motifs is 1. The Labute approximate surface area is 277 Å². The zero-order valence-corrected chi connectivity index (χ0v) is 26.5. The highest BCUT2D eigenvalue weighted by atomic mass is 35.5. The minimum absolute atomic E-state index is 0.0382. The van der Waals surface area contributed by atoms with Crippen LogP contribution in [-0.4, -0.2) is 75.0 Å². The number of nitrogens with one attached hydrogen (secondary N) is 6. The second-order valence-corrected chi connectivity index (χ2v) is 12.1. The normalized spacial score (nSPS) is 11.9. The van der Waals surface area contributed by atoms with Gasteiger partial charge in [0.15, 0.2) is 0 Å². The van der Waals surface area contributed by atoms with Crippen LogP contribution >= 0.6 is 11.6 Å². The Balaban J connectivity index is 1.36. The second-order valence-electron chi connectivity index (χ2n) is 10.2. The van der Waals surface area contributed by atoms with Gasteiger partial charge in [-0.25, -0.2) is 4.79 Å². The number of carbonyl (C=O) groups is 4. The van der Waals surface area contributed by atoms with Crippen LogP contribution in [-0.2, 0) is 31.0 Å². The molecule has 2 heterocycles. The maximum Gasteiger partial charge on any atom is 0.352 e. The SMILES string of the molecule is CCNS(=O)(=O)Nc1ccc(C[C@H](NC(=O)C(=O)Nc2cc(Cl)ccc2-n2cnnn2)C(=O)Nc2ccc3[nH]c(C(=O)O)cc3c2)cc1. The topological polar surface area (TPSA) is 242 Å². The summed E-state index contributed by atoms with van der Waals surface area (Å²) in [5, 5.41) is 28.6. The number of aromatic amines is 1. The Morgan fingerprint density at radius 1 is 0.958 bits per heavy atom. The number of nitrogens with zero attached hydrogens (tertiary/aromatic N) is 4. The van der Waals surface area contributed by atoms with Crippen molar-refractivity contribution in [3.05, 3.63) is 89.3 Å². The van der Waals surface area contributed by atoms with Crippen LogP contribution in [0, 0.1) is 0 Å². The van der Waals surface area contributed by atoms with E-state index in [2.05, 4.69) is 45.9 Å². The van der Waals surface area contributed by atoms with Gasteiger partial charge in [-0.1, -0.05) is 30.7 Å². The number of halogens is 1. The molecular weight excluding hydrogens is 668 g/mol. The van der Waals surface area contributed by atoms with E-state index in [0.29, 0.717) is 27.8 Å². The van der Waals surface area contributed by atoms with Crippen molar-refractivity contribution in [2.75, 3.05) is 21.9 Å². The number of carbonyl (C=O) groups excluding carboxylic acids is 3. The number of H-pyrrole nitrogens is 1. The molecule has 0 saturated carbocycles. The van der Waals surface area contributed by atoms with Crippen molar-refractivity contribution >= 4 is 73.5 Å². The minimum atomic E-state index is -3.78. The lowest BCUT2D eigenvalue weighted by molar-refractivity contribution is -0.137. The van der Waals surface area contributed by atoms with E-state index in [4.69, 9.17) is 11.6 Å². The van der Waals surface area contributed by atoms with Crippen molar-refractivity contribution in [1.82, 2.24) is 35.2 Å². The van der Waals surface area contributed by atoms with Gasteiger partial charge >= 0.3 is 17.8 Å². The third kappa shape index (κ3) is 8.29. The number of aromatic carboxylic acids is 1. The minimum Gasteiger partial charge on any atom is -0.477 e. The fourth-order valence-electron chi connectivity index (χ4n) is 4.57. The smallest absolute Gasteiger partial charge is 0.352 e. The van der Waals surface area contributed by atoms with E-state index in [1.165, 1.54) is 41.3 Å². The summed E-state index contributed by atoms with van der Waals surface area (Å²) < 4.78 is 30.0. The van der Waals surface area contributed by atoms with E-state index >= 15 is 0 Å². The number of carboxylic acids is 1. The number of anilines is 3. The van der Waals surface area contributed by atoms with Gasteiger partial charge < -0.3 is 26.0 Å². The van der Waals surface area contributed by atoms with Crippen LogP contribution in [0.2, 0.25) is 5.02 Å². The molecule has 0 aliphatic heterocycles. The van der Waals surface area contributed by atoms with E-state index in [-0.39, 0.29) is 35.1 Å². The Bertz CT molecular complexity index is 2100. The predicted octanol–water partition coefficient (Wildman–Crippen LogP) is 2.07. The van der Waals surface area contributed by atoms with E-state index in [1.54, 1.807) is 43.3 Å². The standard InChI is InChI=1S/C29H27ClN10O7S/c1-2-32-48(46,47)37-19-6-3-16(4-7-19)11-23(26(41)33-20-8-9-21-17(12-20)13-24(34-21)29(44)45)36-28(43)27(42)35-22-14-18(30)5-10-25(22)40-15-31-38-39-40/h3-10,12-15,23,32,34,37H,2,11H2,1H3,(H,33,41)(H,35,42)(H,36,43)(H,44,45)/t23-/m0/s1. The molecule has 19 heteroatoms. The van der Waals surface area contributed by atoms with Crippen molar-refractivity contribution in [1.29, 1.82) is 0 Å². The quantitative estimate of drug-likeness (QED) is 0.0938. The maximum absolute atomic E-state index is 13.6. The van der Waals surface area contributed by atoms with Gasteiger partial charge in [0.2, 0.25) is 5.91 Å². The highest BCUT2D eigenvalue weighted by molar-refractivity contribution is 7.90. The van der Waals surface area contributed by atoms with Gasteiger partial charge in [-0.2, -0.15) is 17.8 Å². The van der Waals surface area contributed by atoms with Crippen molar-refractivity contribution < 1.29 is 32.7 Å². The van der Waals surface area contributed by atoms with E-state index in [0.717, 1.165) is 0 Å². The Morgan fingerprint density at radius 3 is 2.40 bits per heavy atom. The molecule has 2 aromatic heterocycles. The van der Waals surface area contributed by atoms with Crippen LogP contribution in [0.15, 0.2) is 73.1 Å². The highest BCUT2D eigenvalue weighted by Crippen LogP contribution is 2.24. The van der Waals surface area contributed by atoms with Crippen LogP contribution in [0.5, 0.6) is 0 Å². The molecule has 0 fully saturated rings. The summed E-state index contributed by atoms with van der Waals surface area (Å²) in [5.74, 6) is -4.12. The molecule has 0 saturated heterocycles. The fraction of sp³-hybridized carbons (Fsp3) is 0.138. The molecule has 5 aromatic rings. The monoisotopic (exact) mass is 694 g/mol. The second kappa shape index (κ2) is 14.3. The number of hydrogen-bond acceptors (Lipinski definition) is 9. The molecule has 0 aliphatic rings. The average molecular weight is 695 g/mol. The summed E-state index contributed by atoms with van der Waals surface area (Å²) in [4.78, 5) is 53.9. The molecule has 0 spiro atoms. The summed E-state index contributed by atoms with van der Waals surface area (Å²) in [7, 11) is -3.78. The number of carboxylic acid groups (broad SMARTS) is 1. The molecule has 48 heavy (non-hydrogen) atoms. The van der Waals surface area contributed by atoms with Crippen LogP contribution < -0.4 is 25.4 Å².